The average Bonchev–Trinajstić information content (AvgIpc) is 3.13. The minimum atomic E-state index is -0.0651. The van der Waals surface area contributed by atoms with Crippen LogP contribution >= 0.6 is 11.6 Å². The Labute approximate surface area is 216 Å². The van der Waals surface area contributed by atoms with E-state index in [1.165, 1.54) is 5.56 Å². The molecule has 3 aromatic carbocycles. The highest BCUT2D eigenvalue weighted by atomic mass is 35.5. The van der Waals surface area contributed by atoms with Crippen LogP contribution in [0.1, 0.15) is 29.1 Å². The standard InChI is InChI=1S/C29H30ClN5O/c1-20-26(19-22-11-13-24(30)14-12-22)28(32-21(2)31-20)34-15-6-16-35(18-17-34)29(36)33-27-10-5-8-23-7-3-4-9-25(23)27/h3-5,7-14H,6,15-19H2,1-2H3,(H,33,36). The van der Waals surface area contributed by atoms with Gasteiger partial charge in [0.25, 0.3) is 0 Å². The van der Waals surface area contributed by atoms with Crippen LogP contribution in [-0.2, 0) is 6.42 Å². The summed E-state index contributed by atoms with van der Waals surface area (Å²) in [4.78, 5) is 26.9. The van der Waals surface area contributed by atoms with Crippen molar-refractivity contribution in [3.8, 4) is 0 Å². The maximum atomic E-state index is 13.2. The van der Waals surface area contributed by atoms with Crippen LogP contribution in [0.2, 0.25) is 5.02 Å². The second-order valence-electron chi connectivity index (χ2n) is 9.25. The number of nitrogens with zero attached hydrogens (tertiary/aromatic N) is 4. The van der Waals surface area contributed by atoms with E-state index in [2.05, 4.69) is 27.3 Å². The van der Waals surface area contributed by atoms with Crippen LogP contribution in [0.25, 0.3) is 10.8 Å². The predicted octanol–water partition coefficient (Wildman–Crippen LogP) is 6.24. The number of anilines is 2. The van der Waals surface area contributed by atoms with E-state index in [4.69, 9.17) is 16.6 Å². The van der Waals surface area contributed by atoms with Gasteiger partial charge in [-0.25, -0.2) is 14.8 Å². The fourth-order valence-corrected chi connectivity index (χ4v) is 4.98. The van der Waals surface area contributed by atoms with E-state index in [0.717, 1.165) is 63.8 Å². The van der Waals surface area contributed by atoms with Crippen molar-refractivity contribution in [2.75, 3.05) is 36.4 Å². The summed E-state index contributed by atoms with van der Waals surface area (Å²) in [7, 11) is 0. The van der Waals surface area contributed by atoms with Gasteiger partial charge in [-0.3, -0.25) is 0 Å². The van der Waals surface area contributed by atoms with Crippen molar-refractivity contribution in [3.63, 3.8) is 0 Å². The molecule has 0 atom stereocenters. The number of hydrogen-bond acceptors (Lipinski definition) is 4. The van der Waals surface area contributed by atoms with Crippen molar-refractivity contribution < 1.29 is 4.79 Å². The summed E-state index contributed by atoms with van der Waals surface area (Å²) in [6, 6.07) is 22.0. The van der Waals surface area contributed by atoms with Crippen LogP contribution in [0.4, 0.5) is 16.3 Å². The molecule has 7 heteroatoms. The topological polar surface area (TPSA) is 61.4 Å². The van der Waals surface area contributed by atoms with Gasteiger partial charge in [-0.1, -0.05) is 60.1 Å². The van der Waals surface area contributed by atoms with E-state index in [1.54, 1.807) is 0 Å². The zero-order chi connectivity index (χ0) is 25.1. The van der Waals surface area contributed by atoms with Gasteiger partial charge < -0.3 is 15.1 Å². The molecule has 0 radical (unpaired) electrons. The van der Waals surface area contributed by atoms with E-state index in [0.29, 0.717) is 19.6 Å². The van der Waals surface area contributed by atoms with Crippen LogP contribution in [-0.4, -0.2) is 47.1 Å². The fraction of sp³-hybridized carbons (Fsp3) is 0.276. The highest BCUT2D eigenvalue weighted by molar-refractivity contribution is 6.30. The van der Waals surface area contributed by atoms with Crippen molar-refractivity contribution in [1.29, 1.82) is 0 Å². The number of fused-ring (bicyclic) bond motifs is 1. The second kappa shape index (κ2) is 10.5. The fourth-order valence-electron chi connectivity index (χ4n) is 4.85. The summed E-state index contributed by atoms with van der Waals surface area (Å²) >= 11 is 6.09. The lowest BCUT2D eigenvalue weighted by Gasteiger charge is -2.26. The van der Waals surface area contributed by atoms with Crippen LogP contribution in [0.3, 0.4) is 0 Å². The Kier molecular flexibility index (Phi) is 7.05. The number of benzene rings is 3. The number of rotatable bonds is 4. The molecule has 2 heterocycles. The van der Waals surface area contributed by atoms with Crippen molar-refractivity contribution >= 4 is 39.9 Å². The Morgan fingerprint density at radius 3 is 2.53 bits per heavy atom. The molecule has 5 rings (SSSR count). The molecule has 1 fully saturated rings. The third kappa shape index (κ3) is 5.29. The molecule has 36 heavy (non-hydrogen) atoms. The smallest absolute Gasteiger partial charge is 0.321 e. The molecule has 1 saturated heterocycles. The summed E-state index contributed by atoms with van der Waals surface area (Å²) < 4.78 is 0. The first-order chi connectivity index (χ1) is 17.5. The molecule has 6 nitrogen and oxygen atoms in total. The van der Waals surface area contributed by atoms with Gasteiger partial charge in [0.1, 0.15) is 11.6 Å². The van der Waals surface area contributed by atoms with Crippen LogP contribution in [0, 0.1) is 13.8 Å². The van der Waals surface area contributed by atoms with Gasteiger partial charge in [-0.05, 0) is 49.4 Å². The third-order valence-electron chi connectivity index (χ3n) is 6.71. The summed E-state index contributed by atoms with van der Waals surface area (Å²) in [5.74, 6) is 1.73. The molecule has 2 amide bonds. The molecule has 1 aliphatic rings. The lowest BCUT2D eigenvalue weighted by Crippen LogP contribution is -2.38. The number of carbonyl (C=O) groups is 1. The molecule has 1 aromatic heterocycles. The van der Waals surface area contributed by atoms with Crippen molar-refractivity contribution in [1.82, 2.24) is 14.9 Å². The SMILES string of the molecule is Cc1nc(C)c(Cc2ccc(Cl)cc2)c(N2CCCN(C(=O)Nc3cccc4ccccc34)CC2)n1. The number of amides is 2. The minimum absolute atomic E-state index is 0.0651. The molecule has 0 aliphatic carbocycles. The molecule has 0 spiro atoms. The molecular weight excluding hydrogens is 470 g/mol. The maximum absolute atomic E-state index is 13.2. The van der Waals surface area contributed by atoms with Gasteiger partial charge in [-0.15, -0.1) is 0 Å². The number of urea groups is 1. The molecule has 0 bridgehead atoms. The van der Waals surface area contributed by atoms with Gasteiger partial charge in [0.05, 0.1) is 5.69 Å². The van der Waals surface area contributed by atoms with Gasteiger partial charge in [0, 0.05) is 54.3 Å². The Hall–Kier alpha value is -3.64. The minimum Gasteiger partial charge on any atom is -0.354 e. The summed E-state index contributed by atoms with van der Waals surface area (Å²) in [6.45, 7) is 6.85. The summed E-state index contributed by atoms with van der Waals surface area (Å²) in [5.41, 5.74) is 4.12. The Balaban J connectivity index is 1.33. The zero-order valence-corrected chi connectivity index (χ0v) is 21.4. The highest BCUT2D eigenvalue weighted by Crippen LogP contribution is 2.27. The second-order valence-corrected chi connectivity index (χ2v) is 9.68. The first kappa shape index (κ1) is 24.1. The van der Waals surface area contributed by atoms with Crippen LogP contribution in [0.15, 0.2) is 66.7 Å². The van der Waals surface area contributed by atoms with Crippen LogP contribution in [0.5, 0.6) is 0 Å². The number of nitrogens with one attached hydrogen (secondary N) is 1. The van der Waals surface area contributed by atoms with Gasteiger partial charge >= 0.3 is 6.03 Å². The van der Waals surface area contributed by atoms with Crippen molar-refractivity contribution in [2.24, 2.45) is 0 Å². The number of carbonyl (C=O) groups excluding carboxylic acids is 1. The number of hydrogen-bond donors (Lipinski definition) is 1. The van der Waals surface area contributed by atoms with E-state index in [-0.39, 0.29) is 6.03 Å². The van der Waals surface area contributed by atoms with Crippen molar-refractivity contribution in [2.45, 2.75) is 26.7 Å². The van der Waals surface area contributed by atoms with Gasteiger partial charge in [0.15, 0.2) is 0 Å². The molecule has 0 unspecified atom stereocenters. The largest absolute Gasteiger partial charge is 0.354 e. The average molecular weight is 500 g/mol. The van der Waals surface area contributed by atoms with E-state index in [9.17, 15) is 4.79 Å². The Morgan fingerprint density at radius 1 is 0.917 bits per heavy atom. The van der Waals surface area contributed by atoms with E-state index in [1.807, 2.05) is 73.3 Å². The molecule has 1 N–H and O–H groups in total. The monoisotopic (exact) mass is 499 g/mol. The molecule has 4 aromatic rings. The van der Waals surface area contributed by atoms with Crippen LogP contribution < -0.4 is 10.2 Å². The van der Waals surface area contributed by atoms with Crippen molar-refractivity contribution in [3.05, 3.63) is 94.4 Å². The van der Waals surface area contributed by atoms with Gasteiger partial charge in [0.2, 0.25) is 0 Å². The number of halogens is 1. The Morgan fingerprint density at radius 2 is 1.69 bits per heavy atom. The first-order valence-corrected chi connectivity index (χ1v) is 12.7. The normalized spacial score (nSPS) is 14.1. The lowest BCUT2D eigenvalue weighted by atomic mass is 10.0. The maximum Gasteiger partial charge on any atom is 0.321 e. The molecular formula is C29H30ClN5O. The zero-order valence-electron chi connectivity index (χ0n) is 20.7. The van der Waals surface area contributed by atoms with E-state index < -0.39 is 0 Å². The highest BCUT2D eigenvalue weighted by Gasteiger charge is 2.23. The Bertz CT molecular complexity index is 1380. The lowest BCUT2D eigenvalue weighted by molar-refractivity contribution is 0.215. The third-order valence-corrected chi connectivity index (χ3v) is 6.96. The molecule has 184 valence electrons. The number of aryl methyl sites for hydroxylation is 2. The molecule has 1 aliphatic heterocycles. The summed E-state index contributed by atoms with van der Waals surface area (Å²) in [6.07, 6.45) is 1.60. The number of aromatic nitrogens is 2. The molecule has 0 saturated carbocycles. The summed E-state index contributed by atoms with van der Waals surface area (Å²) in [5, 5.41) is 6.02. The predicted molar refractivity (Wildman–Crippen MR) is 147 cm³/mol. The first-order valence-electron chi connectivity index (χ1n) is 12.3. The quantitative estimate of drug-likeness (QED) is 0.361. The van der Waals surface area contributed by atoms with E-state index >= 15 is 0 Å². The van der Waals surface area contributed by atoms with Gasteiger partial charge in [-0.2, -0.15) is 0 Å².